The molecule has 1 heterocycles. The normalized spacial score (nSPS) is 10.1. The molecule has 1 aromatic carbocycles. The van der Waals surface area contributed by atoms with Crippen LogP contribution in [0.5, 0.6) is 11.6 Å². The lowest BCUT2D eigenvalue weighted by Gasteiger charge is -2.11. The van der Waals surface area contributed by atoms with E-state index in [9.17, 15) is 0 Å². The molecule has 0 spiro atoms. The fourth-order valence-electron chi connectivity index (χ4n) is 1.48. The molecule has 0 bridgehead atoms. The standard InChI is InChI=1S/C12H13ClN4O2/c1-18-10-11(17-14)15-7-16-12(10)19-6-8-2-4-9(13)5-3-8/h2-5,7H,6,14H2,1H3,(H,15,16,17). The van der Waals surface area contributed by atoms with Gasteiger partial charge in [-0.2, -0.15) is 4.98 Å². The van der Waals surface area contributed by atoms with Crippen molar-refractivity contribution in [1.29, 1.82) is 0 Å². The van der Waals surface area contributed by atoms with E-state index in [1.54, 1.807) is 12.1 Å². The molecule has 0 unspecified atom stereocenters. The highest BCUT2D eigenvalue weighted by Gasteiger charge is 2.12. The van der Waals surface area contributed by atoms with Gasteiger partial charge in [0.15, 0.2) is 5.82 Å². The second-order valence-corrected chi connectivity index (χ2v) is 4.06. The van der Waals surface area contributed by atoms with Crippen LogP contribution in [0.4, 0.5) is 5.82 Å². The Kier molecular flexibility index (Phi) is 4.38. The fraction of sp³-hybridized carbons (Fsp3) is 0.167. The number of rotatable bonds is 5. The van der Waals surface area contributed by atoms with E-state index in [0.717, 1.165) is 5.56 Å². The van der Waals surface area contributed by atoms with Crippen LogP contribution in [0.3, 0.4) is 0 Å². The maximum absolute atomic E-state index is 5.81. The molecule has 0 fully saturated rings. The molecule has 3 N–H and O–H groups in total. The summed E-state index contributed by atoms with van der Waals surface area (Å²) in [6.45, 7) is 0.342. The van der Waals surface area contributed by atoms with Crippen LogP contribution in [-0.4, -0.2) is 17.1 Å². The lowest BCUT2D eigenvalue weighted by molar-refractivity contribution is 0.272. The minimum Gasteiger partial charge on any atom is -0.489 e. The van der Waals surface area contributed by atoms with Crippen LogP contribution in [0, 0.1) is 0 Å². The summed E-state index contributed by atoms with van der Waals surface area (Å²) in [6, 6.07) is 7.34. The van der Waals surface area contributed by atoms with Crippen LogP contribution in [0.25, 0.3) is 0 Å². The largest absolute Gasteiger partial charge is 0.489 e. The zero-order chi connectivity index (χ0) is 13.7. The first-order chi connectivity index (χ1) is 9.24. The molecular weight excluding hydrogens is 268 g/mol. The van der Waals surface area contributed by atoms with Gasteiger partial charge in [0.25, 0.3) is 5.88 Å². The average Bonchev–Trinajstić information content (AvgIpc) is 2.46. The van der Waals surface area contributed by atoms with Crippen LogP contribution < -0.4 is 20.7 Å². The third kappa shape index (κ3) is 3.24. The molecule has 19 heavy (non-hydrogen) atoms. The van der Waals surface area contributed by atoms with E-state index in [1.165, 1.54) is 13.4 Å². The maximum atomic E-state index is 5.81. The Morgan fingerprint density at radius 2 is 2.00 bits per heavy atom. The van der Waals surface area contributed by atoms with Gasteiger partial charge in [0.2, 0.25) is 5.75 Å². The number of hydrogen-bond donors (Lipinski definition) is 2. The monoisotopic (exact) mass is 280 g/mol. The molecule has 0 aliphatic carbocycles. The Bertz CT molecular complexity index is 548. The summed E-state index contributed by atoms with van der Waals surface area (Å²) in [5, 5.41) is 0.679. The molecule has 1 aromatic heterocycles. The van der Waals surface area contributed by atoms with Gasteiger partial charge in [-0.05, 0) is 17.7 Å². The number of aromatic nitrogens is 2. The first-order valence-electron chi connectivity index (χ1n) is 5.47. The highest BCUT2D eigenvalue weighted by molar-refractivity contribution is 6.30. The van der Waals surface area contributed by atoms with Crippen molar-refractivity contribution in [2.75, 3.05) is 12.5 Å². The van der Waals surface area contributed by atoms with E-state index in [2.05, 4.69) is 15.4 Å². The number of nitrogens with one attached hydrogen (secondary N) is 1. The molecule has 2 aromatic rings. The van der Waals surface area contributed by atoms with Crippen LogP contribution >= 0.6 is 11.6 Å². The number of hydrazine groups is 1. The summed E-state index contributed by atoms with van der Waals surface area (Å²) in [5.74, 6) is 6.37. The van der Waals surface area contributed by atoms with E-state index < -0.39 is 0 Å². The van der Waals surface area contributed by atoms with Crippen molar-refractivity contribution in [3.8, 4) is 11.6 Å². The van der Waals surface area contributed by atoms with E-state index >= 15 is 0 Å². The smallest absolute Gasteiger partial charge is 0.262 e. The number of nitrogens with zero attached hydrogens (tertiary/aromatic N) is 2. The number of anilines is 1. The lowest BCUT2D eigenvalue weighted by Crippen LogP contribution is -2.11. The number of benzene rings is 1. The van der Waals surface area contributed by atoms with Crippen LogP contribution in [-0.2, 0) is 6.61 Å². The van der Waals surface area contributed by atoms with Gasteiger partial charge in [0.1, 0.15) is 12.9 Å². The van der Waals surface area contributed by atoms with E-state index in [4.69, 9.17) is 26.9 Å². The summed E-state index contributed by atoms with van der Waals surface area (Å²) in [5.41, 5.74) is 3.38. The Labute approximate surface area is 115 Å². The minimum absolute atomic E-state index is 0.320. The van der Waals surface area contributed by atoms with Crippen molar-refractivity contribution >= 4 is 17.4 Å². The van der Waals surface area contributed by atoms with Gasteiger partial charge in [-0.3, -0.25) is 0 Å². The van der Waals surface area contributed by atoms with Crippen molar-refractivity contribution < 1.29 is 9.47 Å². The topological polar surface area (TPSA) is 82.3 Å². The number of nitrogens with two attached hydrogens (primary N) is 1. The second-order valence-electron chi connectivity index (χ2n) is 3.62. The zero-order valence-corrected chi connectivity index (χ0v) is 11.0. The van der Waals surface area contributed by atoms with Gasteiger partial charge in [0, 0.05) is 5.02 Å². The Hall–Kier alpha value is -2.05. The molecule has 6 nitrogen and oxygen atoms in total. The van der Waals surface area contributed by atoms with Crippen molar-refractivity contribution in [3.63, 3.8) is 0 Å². The predicted molar refractivity (Wildman–Crippen MR) is 72.2 cm³/mol. The molecule has 7 heteroatoms. The summed E-state index contributed by atoms with van der Waals surface area (Å²) < 4.78 is 10.7. The lowest BCUT2D eigenvalue weighted by atomic mass is 10.2. The van der Waals surface area contributed by atoms with Gasteiger partial charge in [0.05, 0.1) is 7.11 Å². The highest BCUT2D eigenvalue weighted by atomic mass is 35.5. The molecule has 0 saturated carbocycles. The number of ether oxygens (including phenoxy) is 2. The predicted octanol–water partition coefficient (Wildman–Crippen LogP) is 2.00. The van der Waals surface area contributed by atoms with Gasteiger partial charge in [-0.1, -0.05) is 23.7 Å². The van der Waals surface area contributed by atoms with E-state index in [-0.39, 0.29) is 0 Å². The Morgan fingerprint density at radius 1 is 1.26 bits per heavy atom. The van der Waals surface area contributed by atoms with Crippen molar-refractivity contribution in [3.05, 3.63) is 41.2 Å². The number of halogens is 1. The molecule has 2 rings (SSSR count). The molecule has 0 aliphatic rings. The molecule has 0 aliphatic heterocycles. The summed E-state index contributed by atoms with van der Waals surface area (Å²) in [4.78, 5) is 7.94. The number of hydrogen-bond acceptors (Lipinski definition) is 6. The molecular formula is C12H13ClN4O2. The van der Waals surface area contributed by atoms with Crippen molar-refractivity contribution in [2.45, 2.75) is 6.61 Å². The number of nitrogen functional groups attached to an aromatic ring is 1. The van der Waals surface area contributed by atoms with Crippen molar-refractivity contribution in [2.24, 2.45) is 5.84 Å². The van der Waals surface area contributed by atoms with E-state index in [1.807, 2.05) is 12.1 Å². The van der Waals surface area contributed by atoms with Gasteiger partial charge >= 0.3 is 0 Å². The molecule has 0 amide bonds. The van der Waals surface area contributed by atoms with Gasteiger partial charge in [-0.25, -0.2) is 10.8 Å². The minimum atomic E-state index is 0.320. The summed E-state index contributed by atoms with van der Waals surface area (Å²) in [7, 11) is 1.49. The third-order valence-electron chi connectivity index (χ3n) is 2.40. The van der Waals surface area contributed by atoms with E-state index in [0.29, 0.717) is 29.1 Å². The Morgan fingerprint density at radius 3 is 2.63 bits per heavy atom. The van der Waals surface area contributed by atoms with Crippen LogP contribution in [0.15, 0.2) is 30.6 Å². The summed E-state index contributed by atoms with van der Waals surface area (Å²) in [6.07, 6.45) is 1.34. The van der Waals surface area contributed by atoms with Crippen LogP contribution in [0.2, 0.25) is 5.02 Å². The van der Waals surface area contributed by atoms with Gasteiger partial charge in [-0.15, -0.1) is 0 Å². The molecule has 0 saturated heterocycles. The first-order valence-corrected chi connectivity index (χ1v) is 5.85. The first kappa shape index (κ1) is 13.4. The maximum Gasteiger partial charge on any atom is 0.262 e. The molecule has 0 radical (unpaired) electrons. The average molecular weight is 281 g/mol. The SMILES string of the molecule is COc1c(NN)ncnc1OCc1ccc(Cl)cc1. The third-order valence-corrected chi connectivity index (χ3v) is 2.65. The Balaban J connectivity index is 2.13. The zero-order valence-electron chi connectivity index (χ0n) is 10.3. The molecule has 0 atom stereocenters. The van der Waals surface area contributed by atoms with Crippen molar-refractivity contribution in [1.82, 2.24) is 9.97 Å². The van der Waals surface area contributed by atoms with Crippen LogP contribution in [0.1, 0.15) is 5.56 Å². The summed E-state index contributed by atoms with van der Waals surface area (Å²) >= 11 is 5.81. The number of methoxy groups -OCH3 is 1. The fourth-order valence-corrected chi connectivity index (χ4v) is 1.61. The quantitative estimate of drug-likeness (QED) is 0.644. The van der Waals surface area contributed by atoms with Gasteiger partial charge < -0.3 is 14.9 Å². The molecule has 100 valence electrons. The highest BCUT2D eigenvalue weighted by Crippen LogP contribution is 2.30. The second kappa shape index (κ2) is 6.21.